The molecule has 1 aliphatic heterocycles. The summed E-state index contributed by atoms with van der Waals surface area (Å²) in [7, 11) is 1.78. The fourth-order valence-corrected chi connectivity index (χ4v) is 3.97. The molecule has 0 radical (unpaired) electrons. The van der Waals surface area contributed by atoms with Crippen LogP contribution in [0.3, 0.4) is 0 Å². The molecule has 0 unspecified atom stereocenters. The van der Waals surface area contributed by atoms with Gasteiger partial charge in [0.2, 0.25) is 5.82 Å². The number of nitrogens with zero attached hydrogens (tertiary/aromatic N) is 2. The van der Waals surface area contributed by atoms with E-state index in [1.54, 1.807) is 13.1 Å². The van der Waals surface area contributed by atoms with Crippen LogP contribution >= 0.6 is 0 Å². The number of pyridine rings is 1. The maximum atomic E-state index is 11.9. The van der Waals surface area contributed by atoms with Gasteiger partial charge in [0.25, 0.3) is 0 Å². The van der Waals surface area contributed by atoms with E-state index in [1.165, 1.54) is 0 Å². The number of rotatable bonds is 8. The zero-order valence-corrected chi connectivity index (χ0v) is 18.5. The number of nitrogens with two attached hydrogens (primary N) is 1. The zero-order valence-electron chi connectivity index (χ0n) is 18.5. The highest BCUT2D eigenvalue weighted by Gasteiger charge is 2.24. The molecule has 0 aliphatic carbocycles. The minimum Gasteiger partial charge on any atom is -0.477 e. The third-order valence-corrected chi connectivity index (χ3v) is 5.58. The van der Waals surface area contributed by atoms with Gasteiger partial charge in [0.1, 0.15) is 5.69 Å². The van der Waals surface area contributed by atoms with Crippen molar-refractivity contribution in [1.82, 2.24) is 10.3 Å². The van der Waals surface area contributed by atoms with Crippen molar-refractivity contribution in [2.75, 3.05) is 44.8 Å². The van der Waals surface area contributed by atoms with Crippen LogP contribution in [-0.4, -0.2) is 61.7 Å². The Morgan fingerprint density at radius 1 is 1.15 bits per heavy atom. The summed E-state index contributed by atoms with van der Waals surface area (Å²) in [6.45, 7) is 3.43. The van der Waals surface area contributed by atoms with Crippen LogP contribution in [0.5, 0.6) is 0 Å². The number of para-hydroxylation sites is 1. The molecule has 3 aromatic rings. The maximum Gasteiger partial charge on any atom is 0.354 e. The summed E-state index contributed by atoms with van der Waals surface area (Å²) < 4.78 is 5.44. The second-order valence-electron chi connectivity index (χ2n) is 7.83. The number of likely N-dealkylation sites (N-methyl/N-ethyl adjacent to an activating group) is 1. The van der Waals surface area contributed by atoms with Gasteiger partial charge >= 0.3 is 5.97 Å². The molecule has 1 fully saturated rings. The van der Waals surface area contributed by atoms with Crippen molar-refractivity contribution in [1.29, 1.82) is 5.41 Å². The molecule has 5 N–H and O–H groups in total. The molecule has 8 heteroatoms. The molecular formula is C25H28N5O3+. The highest BCUT2D eigenvalue weighted by molar-refractivity contribution is 6.09. The summed E-state index contributed by atoms with van der Waals surface area (Å²) in [5.74, 6) is -0.635. The summed E-state index contributed by atoms with van der Waals surface area (Å²) in [4.78, 5) is 18.6. The topological polar surface area (TPSA) is 115 Å². The number of anilines is 1. The van der Waals surface area contributed by atoms with E-state index in [-0.39, 0.29) is 5.69 Å². The average Bonchev–Trinajstić information content (AvgIpc) is 2.85. The number of morpholine rings is 1. The van der Waals surface area contributed by atoms with Crippen molar-refractivity contribution in [2.45, 2.75) is 0 Å². The van der Waals surface area contributed by atoms with Crippen LogP contribution < -0.4 is 15.5 Å². The van der Waals surface area contributed by atoms with Crippen LogP contribution in [0.1, 0.15) is 16.1 Å². The minimum atomic E-state index is -1.10. The van der Waals surface area contributed by atoms with E-state index < -0.39 is 5.97 Å². The van der Waals surface area contributed by atoms with Gasteiger partial charge in [-0.25, -0.2) is 4.79 Å². The van der Waals surface area contributed by atoms with Crippen molar-refractivity contribution >= 4 is 28.9 Å². The normalized spacial score (nSPS) is 13.7. The molecule has 1 aromatic heterocycles. The molecule has 1 saturated heterocycles. The molecule has 0 spiro atoms. The number of hydrogen-bond acceptors (Lipinski definition) is 6. The number of carbonyl (C=O) groups is 1. The predicted octanol–water partition coefficient (Wildman–Crippen LogP) is 2.40. The Balaban J connectivity index is 1.81. The van der Waals surface area contributed by atoms with E-state index in [4.69, 9.17) is 10.1 Å². The third-order valence-electron chi connectivity index (χ3n) is 5.58. The lowest BCUT2D eigenvalue weighted by molar-refractivity contribution is -0.483. The summed E-state index contributed by atoms with van der Waals surface area (Å²) in [5, 5.41) is 23.3. The molecule has 0 atom stereocenters. The van der Waals surface area contributed by atoms with Gasteiger partial charge in [0.05, 0.1) is 24.5 Å². The number of benzene rings is 2. The SMILES string of the molecule is CNCC(=N)c1c(-c2ccc(N3CCOCC3)cc2)cc(C(=O)O)nc1[NH2+]c1ccccc1. The van der Waals surface area contributed by atoms with E-state index in [1.807, 2.05) is 59.9 Å². The Morgan fingerprint density at radius 3 is 2.48 bits per heavy atom. The molecule has 4 rings (SSSR count). The number of carboxylic acid groups (broad SMARTS) is 1. The Bertz CT molecular complexity index is 1130. The number of quaternary nitrogens is 1. The first-order chi connectivity index (χ1) is 16.1. The van der Waals surface area contributed by atoms with Crippen molar-refractivity contribution in [3.63, 3.8) is 0 Å². The maximum absolute atomic E-state index is 11.9. The monoisotopic (exact) mass is 446 g/mol. The van der Waals surface area contributed by atoms with E-state index in [0.717, 1.165) is 30.0 Å². The molecule has 8 nitrogen and oxygen atoms in total. The first-order valence-corrected chi connectivity index (χ1v) is 10.9. The lowest BCUT2D eigenvalue weighted by Gasteiger charge is -2.29. The van der Waals surface area contributed by atoms with E-state index >= 15 is 0 Å². The number of carboxylic acids is 1. The summed E-state index contributed by atoms with van der Waals surface area (Å²) in [6.07, 6.45) is 0. The third kappa shape index (κ3) is 5.25. The first kappa shape index (κ1) is 22.6. The smallest absolute Gasteiger partial charge is 0.354 e. The minimum absolute atomic E-state index is 0.0505. The van der Waals surface area contributed by atoms with Gasteiger partial charge < -0.3 is 25.5 Å². The number of aromatic carboxylic acids is 1. The van der Waals surface area contributed by atoms with E-state index in [2.05, 4.69) is 15.2 Å². The average molecular weight is 447 g/mol. The fourth-order valence-electron chi connectivity index (χ4n) is 3.97. The number of aromatic nitrogens is 1. The van der Waals surface area contributed by atoms with Gasteiger partial charge in [-0.2, -0.15) is 4.98 Å². The van der Waals surface area contributed by atoms with Gasteiger partial charge in [0, 0.05) is 30.9 Å². The van der Waals surface area contributed by atoms with Gasteiger partial charge in [-0.3, -0.25) is 5.32 Å². The van der Waals surface area contributed by atoms with Crippen molar-refractivity contribution in [2.24, 2.45) is 0 Å². The second kappa shape index (κ2) is 10.4. The van der Waals surface area contributed by atoms with Crippen molar-refractivity contribution in [3.05, 3.63) is 71.9 Å². The molecular weight excluding hydrogens is 418 g/mol. The van der Waals surface area contributed by atoms with Crippen molar-refractivity contribution in [3.8, 4) is 11.1 Å². The summed E-state index contributed by atoms with van der Waals surface area (Å²) >= 11 is 0. The fraction of sp³-hybridized carbons (Fsp3) is 0.240. The largest absolute Gasteiger partial charge is 0.477 e. The van der Waals surface area contributed by atoms with Crippen LogP contribution in [0.25, 0.3) is 11.1 Å². The number of ether oxygens (including phenoxy) is 1. The first-order valence-electron chi connectivity index (χ1n) is 10.9. The van der Waals surface area contributed by atoms with Gasteiger partial charge in [-0.15, -0.1) is 0 Å². The molecule has 2 aromatic carbocycles. The summed E-state index contributed by atoms with van der Waals surface area (Å²) in [6, 6.07) is 19.2. The standard InChI is InChI=1S/C25H27N5O3/c1-27-16-21(26)23-20(17-7-9-19(10-8-17)30-11-13-33-14-12-30)15-22(25(31)32)29-24(23)28-18-5-3-2-4-6-18/h2-10,15,26-27H,11-14,16H2,1H3,(H,28,29)(H,31,32)/p+1. The highest BCUT2D eigenvalue weighted by Crippen LogP contribution is 2.30. The molecule has 0 amide bonds. The quantitative estimate of drug-likeness (QED) is 0.312. The molecule has 2 heterocycles. The van der Waals surface area contributed by atoms with E-state index in [9.17, 15) is 9.90 Å². The van der Waals surface area contributed by atoms with Crippen molar-refractivity contribution < 1.29 is 20.0 Å². The molecule has 1 aliphatic rings. The van der Waals surface area contributed by atoms with Crippen LogP contribution in [0.2, 0.25) is 0 Å². The van der Waals surface area contributed by atoms with Gasteiger partial charge in [-0.05, 0) is 42.9 Å². The second-order valence-corrected chi connectivity index (χ2v) is 7.83. The van der Waals surface area contributed by atoms with Crippen LogP contribution in [0.15, 0.2) is 60.7 Å². The lowest BCUT2D eigenvalue weighted by atomic mass is 9.95. The lowest BCUT2D eigenvalue weighted by Crippen LogP contribution is -2.72. The predicted molar refractivity (Wildman–Crippen MR) is 128 cm³/mol. The van der Waals surface area contributed by atoms with Crippen LogP contribution in [0, 0.1) is 5.41 Å². The Hall–Kier alpha value is -3.59. The Kier molecular flexibility index (Phi) is 7.09. The van der Waals surface area contributed by atoms with Gasteiger partial charge in [-0.1, -0.05) is 30.3 Å². The molecule has 0 saturated carbocycles. The number of nitrogens with one attached hydrogen (secondary N) is 2. The number of hydrogen-bond donors (Lipinski definition) is 4. The van der Waals surface area contributed by atoms with Crippen LogP contribution in [-0.2, 0) is 4.74 Å². The molecule has 170 valence electrons. The zero-order chi connectivity index (χ0) is 23.2. The van der Waals surface area contributed by atoms with Gasteiger partial charge in [0.15, 0.2) is 5.69 Å². The summed E-state index contributed by atoms with van der Waals surface area (Å²) in [5.41, 5.74) is 4.42. The molecule has 0 bridgehead atoms. The van der Waals surface area contributed by atoms with E-state index in [0.29, 0.717) is 42.4 Å². The Labute approximate surface area is 192 Å². The highest BCUT2D eigenvalue weighted by atomic mass is 16.5. The Morgan fingerprint density at radius 2 is 1.85 bits per heavy atom. The molecule has 33 heavy (non-hydrogen) atoms. The van der Waals surface area contributed by atoms with Crippen LogP contribution in [0.4, 0.5) is 17.2 Å².